The van der Waals surface area contributed by atoms with Crippen LogP contribution in [0.15, 0.2) is 65.5 Å². The molecule has 0 fully saturated rings. The molecule has 0 atom stereocenters. The smallest absolute Gasteiger partial charge is 0.336 e. The van der Waals surface area contributed by atoms with Crippen molar-refractivity contribution in [2.75, 3.05) is 13.2 Å². The summed E-state index contributed by atoms with van der Waals surface area (Å²) in [4.78, 5) is 29.8. The Morgan fingerprint density at radius 2 is 1.74 bits per heavy atom. The summed E-state index contributed by atoms with van der Waals surface area (Å²) >= 11 is 0. The molecule has 7 heteroatoms. The van der Waals surface area contributed by atoms with Gasteiger partial charge in [-0.3, -0.25) is 0 Å². The van der Waals surface area contributed by atoms with Gasteiger partial charge in [0.25, 0.3) is 0 Å². The number of carbonyl (C=O) groups is 2. The fourth-order valence-electron chi connectivity index (χ4n) is 3.66. The summed E-state index contributed by atoms with van der Waals surface area (Å²) in [6.07, 6.45) is 9.06. The van der Waals surface area contributed by atoms with Crippen LogP contribution in [-0.4, -0.2) is 34.7 Å². The number of carbonyl (C=O) groups excluding carboxylic acids is 2. The molecule has 1 aromatic carbocycles. The van der Waals surface area contributed by atoms with Crippen molar-refractivity contribution in [3.63, 3.8) is 0 Å². The van der Waals surface area contributed by atoms with E-state index in [4.69, 9.17) is 9.47 Å². The molecule has 0 unspecified atom stereocenters. The highest BCUT2D eigenvalue weighted by atomic mass is 16.5. The third-order valence-corrected chi connectivity index (χ3v) is 4.96. The van der Waals surface area contributed by atoms with Gasteiger partial charge in [-0.25, -0.2) is 14.6 Å². The molecule has 7 nitrogen and oxygen atoms in total. The summed E-state index contributed by atoms with van der Waals surface area (Å²) in [5, 5.41) is 3.15. The Labute approximate surface area is 182 Å². The number of nitrogens with one attached hydrogen (secondary N) is 1. The van der Waals surface area contributed by atoms with Gasteiger partial charge in [-0.2, -0.15) is 0 Å². The van der Waals surface area contributed by atoms with Crippen molar-refractivity contribution in [3.8, 4) is 0 Å². The fraction of sp³-hybridized carbons (Fsp3) is 0.292. The zero-order chi connectivity index (χ0) is 22.4. The second kappa shape index (κ2) is 9.93. The fourth-order valence-corrected chi connectivity index (χ4v) is 3.66. The number of ether oxygens (including phenoxy) is 2. The van der Waals surface area contributed by atoms with Crippen LogP contribution in [0.2, 0.25) is 0 Å². The van der Waals surface area contributed by atoms with E-state index in [0.29, 0.717) is 22.5 Å². The molecule has 0 amide bonds. The second-order valence-corrected chi connectivity index (χ2v) is 7.07. The zero-order valence-electron chi connectivity index (χ0n) is 18.2. The Morgan fingerprint density at radius 1 is 1.10 bits per heavy atom. The topological polar surface area (TPSA) is 82.5 Å². The molecule has 3 rings (SSSR count). The molecule has 2 aromatic rings. The maximum Gasteiger partial charge on any atom is 0.336 e. The lowest BCUT2D eigenvalue weighted by Gasteiger charge is -2.30. The Morgan fingerprint density at radius 3 is 2.29 bits per heavy atom. The number of nitrogens with zero attached hydrogens (tertiary/aromatic N) is 2. The third-order valence-electron chi connectivity index (χ3n) is 4.96. The first kappa shape index (κ1) is 22.1. The van der Waals surface area contributed by atoms with E-state index in [1.54, 1.807) is 26.4 Å². The van der Waals surface area contributed by atoms with Gasteiger partial charge in [0, 0.05) is 30.0 Å². The number of imidazole rings is 1. The standard InChI is InChI=1S/C24H27N3O4/c1-5-30-23(28)20-16(3)26-17(4)21(24(29)31-6-2)22(20)19-9-7-8-18(14-19)10-12-27-13-11-25-15-27/h7-15,22,26H,5-6H2,1-4H3. The van der Waals surface area contributed by atoms with Gasteiger partial charge in [0.1, 0.15) is 0 Å². The van der Waals surface area contributed by atoms with E-state index in [9.17, 15) is 9.59 Å². The van der Waals surface area contributed by atoms with Gasteiger partial charge in [0.05, 0.1) is 36.6 Å². The van der Waals surface area contributed by atoms with Crippen LogP contribution in [0.3, 0.4) is 0 Å². The van der Waals surface area contributed by atoms with E-state index in [1.807, 2.05) is 61.2 Å². The van der Waals surface area contributed by atoms with Gasteiger partial charge in [0.15, 0.2) is 0 Å². The van der Waals surface area contributed by atoms with Gasteiger partial charge in [0.2, 0.25) is 0 Å². The molecular formula is C24H27N3O4. The SMILES string of the molecule is CCOC(=O)C1=C(C)NC(C)=C(C(=O)OCC)C1c1cccc(C=Cn2ccnc2)c1. The lowest BCUT2D eigenvalue weighted by molar-refractivity contribution is -0.139. The molecule has 0 aliphatic carbocycles. The van der Waals surface area contributed by atoms with Crippen molar-refractivity contribution in [1.29, 1.82) is 0 Å². The minimum atomic E-state index is -0.596. The van der Waals surface area contributed by atoms with E-state index in [2.05, 4.69) is 10.3 Å². The van der Waals surface area contributed by atoms with Crippen LogP contribution >= 0.6 is 0 Å². The van der Waals surface area contributed by atoms with Crippen molar-refractivity contribution < 1.29 is 19.1 Å². The number of hydrogen-bond acceptors (Lipinski definition) is 6. The average Bonchev–Trinajstić information content (AvgIpc) is 3.26. The minimum Gasteiger partial charge on any atom is -0.463 e. The highest BCUT2D eigenvalue weighted by Crippen LogP contribution is 2.39. The first-order valence-corrected chi connectivity index (χ1v) is 10.2. The van der Waals surface area contributed by atoms with Crippen molar-refractivity contribution in [2.45, 2.75) is 33.6 Å². The second-order valence-electron chi connectivity index (χ2n) is 7.07. The van der Waals surface area contributed by atoms with Crippen molar-refractivity contribution >= 4 is 24.2 Å². The van der Waals surface area contributed by atoms with Gasteiger partial charge in [-0.15, -0.1) is 0 Å². The molecule has 0 radical (unpaired) electrons. The largest absolute Gasteiger partial charge is 0.463 e. The Bertz CT molecular complexity index is 1010. The number of aromatic nitrogens is 2. The highest BCUT2D eigenvalue weighted by Gasteiger charge is 2.37. The van der Waals surface area contributed by atoms with Gasteiger partial charge in [-0.1, -0.05) is 24.3 Å². The third kappa shape index (κ3) is 4.94. The Kier molecular flexibility index (Phi) is 7.07. The minimum absolute atomic E-state index is 0.244. The van der Waals surface area contributed by atoms with E-state index in [1.165, 1.54) is 0 Å². The van der Waals surface area contributed by atoms with Crippen LogP contribution < -0.4 is 5.32 Å². The van der Waals surface area contributed by atoms with E-state index < -0.39 is 17.9 Å². The van der Waals surface area contributed by atoms with E-state index in [0.717, 1.165) is 11.1 Å². The molecule has 162 valence electrons. The molecule has 0 spiro atoms. The lowest BCUT2D eigenvalue weighted by atomic mass is 9.80. The predicted octanol–water partition coefficient (Wildman–Crippen LogP) is 3.87. The van der Waals surface area contributed by atoms with Crippen LogP contribution in [0.25, 0.3) is 12.3 Å². The summed E-state index contributed by atoms with van der Waals surface area (Å²) in [6, 6.07) is 7.73. The molecular weight excluding hydrogens is 394 g/mol. The Balaban J connectivity index is 2.09. The van der Waals surface area contributed by atoms with Crippen molar-refractivity contribution in [3.05, 3.63) is 76.7 Å². The highest BCUT2D eigenvalue weighted by molar-refractivity contribution is 6.00. The number of rotatable bonds is 7. The summed E-state index contributed by atoms with van der Waals surface area (Å²) < 4.78 is 12.5. The van der Waals surface area contributed by atoms with Crippen LogP contribution in [-0.2, 0) is 19.1 Å². The maximum absolute atomic E-state index is 12.9. The number of esters is 2. The molecule has 1 aliphatic rings. The molecule has 31 heavy (non-hydrogen) atoms. The lowest BCUT2D eigenvalue weighted by Crippen LogP contribution is -2.32. The van der Waals surface area contributed by atoms with Gasteiger partial charge >= 0.3 is 11.9 Å². The molecule has 0 saturated carbocycles. The number of hydrogen-bond donors (Lipinski definition) is 1. The summed E-state index contributed by atoms with van der Waals surface area (Å²) in [5.41, 5.74) is 3.87. The summed E-state index contributed by atoms with van der Waals surface area (Å²) in [5.74, 6) is -1.50. The first-order valence-electron chi connectivity index (χ1n) is 10.2. The average molecular weight is 421 g/mol. The van der Waals surface area contributed by atoms with Crippen LogP contribution in [0.4, 0.5) is 0 Å². The van der Waals surface area contributed by atoms with Crippen molar-refractivity contribution in [1.82, 2.24) is 14.9 Å². The number of dihydropyridines is 1. The maximum atomic E-state index is 12.9. The van der Waals surface area contributed by atoms with Crippen LogP contribution in [0.5, 0.6) is 0 Å². The van der Waals surface area contributed by atoms with Crippen LogP contribution in [0.1, 0.15) is 44.7 Å². The normalized spacial score (nSPS) is 14.7. The van der Waals surface area contributed by atoms with Gasteiger partial charge < -0.3 is 19.4 Å². The molecule has 1 aromatic heterocycles. The Hall–Kier alpha value is -3.61. The number of allylic oxidation sites excluding steroid dienone is 2. The summed E-state index contributed by atoms with van der Waals surface area (Å²) in [7, 11) is 0. The molecule has 0 bridgehead atoms. The molecule has 2 heterocycles. The van der Waals surface area contributed by atoms with Gasteiger partial charge in [-0.05, 0) is 44.9 Å². The zero-order valence-corrected chi connectivity index (χ0v) is 18.2. The number of benzene rings is 1. The first-order chi connectivity index (χ1) is 15.0. The van der Waals surface area contributed by atoms with Crippen LogP contribution in [0, 0.1) is 0 Å². The van der Waals surface area contributed by atoms with Crippen molar-refractivity contribution in [2.24, 2.45) is 0 Å². The molecule has 1 N–H and O–H groups in total. The van der Waals surface area contributed by atoms with E-state index >= 15 is 0 Å². The molecule has 0 saturated heterocycles. The van der Waals surface area contributed by atoms with E-state index in [-0.39, 0.29) is 13.2 Å². The quantitative estimate of drug-likeness (QED) is 0.684. The predicted molar refractivity (Wildman–Crippen MR) is 118 cm³/mol. The molecule has 1 aliphatic heterocycles. The monoisotopic (exact) mass is 421 g/mol. The summed E-state index contributed by atoms with van der Waals surface area (Å²) in [6.45, 7) is 7.63.